The van der Waals surface area contributed by atoms with E-state index in [2.05, 4.69) is 15.1 Å². The second kappa shape index (κ2) is 17.7. The van der Waals surface area contributed by atoms with Crippen molar-refractivity contribution < 1.29 is 41.5 Å². The standard InChI is InChI=1S/C42H44F4N6O5S/c1-41(2)39(56)51(32-8-6-31(25-47)35(24-32)42(44,45)46)40(58)52(41)33-9-10-36(29(23-33)12-13-43)57-19-18-49-14-16-50(17-15-49)26-34(53)22-28-5-3-4-27(20-28)21-30-7-11-37(54)48-38(30)55/h3-6,8-10,20,23-24,30H,7,11-19,21-22,26H2,1-2H3,(H,48,54,55). The minimum absolute atomic E-state index is 0.0171. The van der Waals surface area contributed by atoms with Gasteiger partial charge in [0.1, 0.15) is 17.9 Å². The smallest absolute Gasteiger partial charge is 0.417 e. The lowest BCUT2D eigenvalue weighted by Gasteiger charge is -2.34. The molecule has 3 aromatic carbocycles. The van der Waals surface area contributed by atoms with E-state index in [0.29, 0.717) is 69.0 Å². The first kappa shape index (κ1) is 42.4. The predicted octanol–water partition coefficient (Wildman–Crippen LogP) is 5.41. The highest BCUT2D eigenvalue weighted by Crippen LogP contribution is 2.40. The van der Waals surface area contributed by atoms with Crippen LogP contribution in [-0.2, 0) is 44.6 Å². The van der Waals surface area contributed by atoms with Crippen molar-refractivity contribution in [2.75, 3.05) is 62.3 Å². The number of ketones is 1. The average Bonchev–Trinajstić information content (AvgIpc) is 3.35. The number of rotatable bonds is 14. The van der Waals surface area contributed by atoms with Crippen molar-refractivity contribution in [2.24, 2.45) is 5.92 Å². The summed E-state index contributed by atoms with van der Waals surface area (Å²) in [7, 11) is 0. The van der Waals surface area contributed by atoms with E-state index in [9.17, 15) is 42.0 Å². The van der Waals surface area contributed by atoms with Crippen LogP contribution in [0.3, 0.4) is 0 Å². The zero-order valence-electron chi connectivity index (χ0n) is 32.2. The summed E-state index contributed by atoms with van der Waals surface area (Å²) in [4.78, 5) is 57.2. The fourth-order valence-corrected chi connectivity index (χ4v) is 8.20. The lowest BCUT2D eigenvalue weighted by molar-refractivity contribution is -0.138. The van der Waals surface area contributed by atoms with E-state index in [1.54, 1.807) is 32.0 Å². The average molecular weight is 821 g/mol. The molecule has 58 heavy (non-hydrogen) atoms. The first-order chi connectivity index (χ1) is 27.6. The zero-order chi connectivity index (χ0) is 41.8. The topological polar surface area (TPSA) is 126 Å². The van der Waals surface area contributed by atoms with Gasteiger partial charge in [-0.25, -0.2) is 0 Å². The second-order valence-electron chi connectivity index (χ2n) is 15.2. The number of aryl methyl sites for hydroxylation is 1. The normalized spacial score (nSPS) is 19.0. The molecule has 0 radical (unpaired) electrons. The van der Waals surface area contributed by atoms with Crippen LogP contribution in [-0.4, -0.2) is 96.5 Å². The maximum absolute atomic E-state index is 13.8. The Labute approximate surface area is 339 Å². The Kier molecular flexibility index (Phi) is 12.9. The first-order valence-electron chi connectivity index (χ1n) is 19.1. The van der Waals surface area contributed by atoms with Gasteiger partial charge in [0.05, 0.1) is 36.1 Å². The van der Waals surface area contributed by atoms with Gasteiger partial charge >= 0.3 is 6.18 Å². The Morgan fingerprint density at radius 1 is 0.983 bits per heavy atom. The van der Waals surface area contributed by atoms with Gasteiger partial charge in [0.2, 0.25) is 11.8 Å². The fourth-order valence-electron chi connectivity index (χ4n) is 7.68. The van der Waals surface area contributed by atoms with Crippen molar-refractivity contribution >= 4 is 52.2 Å². The van der Waals surface area contributed by atoms with Crippen molar-refractivity contribution in [3.63, 3.8) is 0 Å². The SMILES string of the molecule is CC1(C)C(=O)N(c2ccc(C#N)c(C(F)(F)F)c2)C(=S)N1c1ccc(OCCN2CCN(CC(=O)Cc3cccc(CC4CCC(=O)NC4=O)c3)CC2)c(CCF)c1. The summed E-state index contributed by atoms with van der Waals surface area (Å²) in [5, 5.41) is 11.6. The molecule has 1 unspecified atom stereocenters. The molecular weight excluding hydrogens is 777 g/mol. The number of hydrogen-bond donors (Lipinski definition) is 1. The van der Waals surface area contributed by atoms with E-state index in [0.717, 1.165) is 41.2 Å². The van der Waals surface area contributed by atoms with Crippen LogP contribution in [0.15, 0.2) is 60.7 Å². The van der Waals surface area contributed by atoms with Crippen LogP contribution < -0.4 is 19.9 Å². The molecule has 11 nitrogen and oxygen atoms in total. The van der Waals surface area contributed by atoms with Gasteiger partial charge in [-0.3, -0.25) is 43.6 Å². The van der Waals surface area contributed by atoms with Gasteiger partial charge in [-0.2, -0.15) is 18.4 Å². The molecule has 1 atom stereocenters. The largest absolute Gasteiger partial charge is 0.492 e. The zero-order valence-corrected chi connectivity index (χ0v) is 33.1. The number of ether oxygens (including phenoxy) is 1. The number of carbonyl (C=O) groups excluding carboxylic acids is 4. The number of nitrogens with zero attached hydrogens (tertiary/aromatic N) is 5. The highest BCUT2D eigenvalue weighted by Gasteiger charge is 2.51. The molecule has 3 saturated heterocycles. The molecule has 0 saturated carbocycles. The minimum Gasteiger partial charge on any atom is -0.492 e. The van der Waals surface area contributed by atoms with Gasteiger partial charge in [-0.1, -0.05) is 24.3 Å². The highest BCUT2D eigenvalue weighted by molar-refractivity contribution is 7.81. The summed E-state index contributed by atoms with van der Waals surface area (Å²) in [5.74, 6) is -0.766. The molecule has 3 heterocycles. The van der Waals surface area contributed by atoms with E-state index in [1.807, 2.05) is 24.3 Å². The Balaban J connectivity index is 1.01. The highest BCUT2D eigenvalue weighted by atomic mass is 32.1. The predicted molar refractivity (Wildman–Crippen MR) is 212 cm³/mol. The van der Waals surface area contributed by atoms with Gasteiger partial charge < -0.3 is 9.64 Å². The molecule has 0 spiro atoms. The molecule has 3 fully saturated rings. The number of imide groups is 1. The minimum atomic E-state index is -4.83. The molecule has 3 aliphatic heterocycles. The number of anilines is 2. The summed E-state index contributed by atoms with van der Waals surface area (Å²) in [5.41, 5.74) is -0.367. The molecule has 16 heteroatoms. The van der Waals surface area contributed by atoms with Crippen LogP contribution in [0.25, 0.3) is 0 Å². The van der Waals surface area contributed by atoms with E-state index >= 15 is 0 Å². The maximum atomic E-state index is 13.8. The summed E-state index contributed by atoms with van der Waals surface area (Å²) in [6, 6.07) is 17.2. The third kappa shape index (κ3) is 9.54. The number of carbonyl (C=O) groups is 4. The second-order valence-corrected chi connectivity index (χ2v) is 15.6. The number of benzene rings is 3. The first-order valence-corrected chi connectivity index (χ1v) is 19.5. The quantitative estimate of drug-likeness (QED) is 0.128. The van der Waals surface area contributed by atoms with Gasteiger partial charge in [-0.05, 0) is 92.0 Å². The van der Waals surface area contributed by atoms with Crippen LogP contribution in [0, 0.1) is 17.2 Å². The number of nitriles is 1. The summed E-state index contributed by atoms with van der Waals surface area (Å²) in [6.45, 7) is 6.59. The van der Waals surface area contributed by atoms with Crippen molar-refractivity contribution in [1.29, 1.82) is 5.26 Å². The van der Waals surface area contributed by atoms with Crippen LogP contribution in [0.1, 0.15) is 54.5 Å². The molecule has 0 aromatic heterocycles. The van der Waals surface area contributed by atoms with Crippen molar-refractivity contribution in [1.82, 2.24) is 15.1 Å². The Morgan fingerprint density at radius 2 is 1.69 bits per heavy atom. The molecule has 0 bridgehead atoms. The van der Waals surface area contributed by atoms with E-state index in [4.69, 9.17) is 17.0 Å². The Morgan fingerprint density at radius 3 is 2.38 bits per heavy atom. The number of halogens is 4. The maximum Gasteiger partial charge on any atom is 0.417 e. The van der Waals surface area contributed by atoms with Crippen LogP contribution >= 0.6 is 12.2 Å². The molecule has 3 aromatic rings. The molecule has 3 amide bonds. The monoisotopic (exact) mass is 820 g/mol. The molecule has 0 aliphatic carbocycles. The number of hydrogen-bond acceptors (Lipinski definition) is 9. The molecule has 1 N–H and O–H groups in total. The van der Waals surface area contributed by atoms with E-state index in [1.165, 1.54) is 17.0 Å². The van der Waals surface area contributed by atoms with E-state index in [-0.39, 0.29) is 47.2 Å². The summed E-state index contributed by atoms with van der Waals surface area (Å²) in [6.07, 6.45) is -3.16. The Hall–Kier alpha value is -5.24. The number of Topliss-reactive ketones (excluding diaryl/α,β-unsaturated/α-hetero) is 1. The van der Waals surface area contributed by atoms with Gasteiger partial charge in [0, 0.05) is 63.6 Å². The number of alkyl halides is 4. The van der Waals surface area contributed by atoms with Crippen molar-refractivity contribution in [3.8, 4) is 11.8 Å². The van der Waals surface area contributed by atoms with Crippen molar-refractivity contribution in [3.05, 3.63) is 88.5 Å². The van der Waals surface area contributed by atoms with E-state index < -0.39 is 35.4 Å². The van der Waals surface area contributed by atoms with Gasteiger partial charge in [0.15, 0.2) is 10.9 Å². The molecule has 6 rings (SSSR count). The number of amides is 3. The lowest BCUT2D eigenvalue weighted by atomic mass is 9.90. The molecule has 3 aliphatic rings. The number of nitrogens with one attached hydrogen (secondary N) is 1. The van der Waals surface area contributed by atoms with Crippen LogP contribution in [0.5, 0.6) is 5.75 Å². The van der Waals surface area contributed by atoms with Gasteiger partial charge in [-0.15, -0.1) is 0 Å². The summed E-state index contributed by atoms with van der Waals surface area (Å²) < 4.78 is 61.2. The fraction of sp³-hybridized carbons (Fsp3) is 0.429. The summed E-state index contributed by atoms with van der Waals surface area (Å²) >= 11 is 5.66. The van der Waals surface area contributed by atoms with Crippen LogP contribution in [0.4, 0.5) is 28.9 Å². The third-order valence-corrected chi connectivity index (χ3v) is 11.1. The molecular formula is C42H44F4N6O5S. The Bertz CT molecular complexity index is 2130. The number of thiocarbonyl (C=S) groups is 1. The van der Waals surface area contributed by atoms with Crippen LogP contribution in [0.2, 0.25) is 0 Å². The lowest BCUT2D eigenvalue weighted by Crippen LogP contribution is -2.48. The molecule has 306 valence electrons. The third-order valence-electron chi connectivity index (χ3n) is 10.8. The van der Waals surface area contributed by atoms with Gasteiger partial charge in [0.25, 0.3) is 5.91 Å². The van der Waals surface area contributed by atoms with Crippen molar-refractivity contribution in [2.45, 2.75) is 57.7 Å². The number of piperidine rings is 1. The number of piperazine rings is 1.